The number of amides is 1. The first-order valence-electron chi connectivity index (χ1n) is 10.8. The van der Waals surface area contributed by atoms with Crippen LogP contribution in [0.3, 0.4) is 0 Å². The van der Waals surface area contributed by atoms with Gasteiger partial charge in [0.1, 0.15) is 5.58 Å². The molecule has 0 atom stereocenters. The van der Waals surface area contributed by atoms with Gasteiger partial charge in [-0.25, -0.2) is 0 Å². The van der Waals surface area contributed by atoms with Crippen molar-refractivity contribution in [3.63, 3.8) is 0 Å². The van der Waals surface area contributed by atoms with Crippen LogP contribution in [0.25, 0.3) is 11.0 Å². The van der Waals surface area contributed by atoms with Gasteiger partial charge in [-0.1, -0.05) is 11.6 Å². The molecule has 1 N–H and O–H groups in total. The quantitative estimate of drug-likeness (QED) is 0.668. The van der Waals surface area contributed by atoms with Crippen LogP contribution in [0.4, 0.5) is 0 Å². The van der Waals surface area contributed by atoms with Crippen molar-refractivity contribution in [2.75, 3.05) is 26.2 Å². The Morgan fingerprint density at radius 2 is 2.10 bits per heavy atom. The second kappa shape index (κ2) is 7.96. The normalized spacial score (nSPS) is 18.6. The molecule has 0 unspecified atom stereocenters. The summed E-state index contributed by atoms with van der Waals surface area (Å²) in [6, 6.07) is 8.74. The third-order valence-corrected chi connectivity index (χ3v) is 7.67. The van der Waals surface area contributed by atoms with Crippen LogP contribution >= 0.6 is 11.3 Å². The van der Waals surface area contributed by atoms with Gasteiger partial charge in [-0.15, -0.1) is 11.3 Å². The van der Waals surface area contributed by atoms with Gasteiger partial charge >= 0.3 is 0 Å². The van der Waals surface area contributed by atoms with Crippen molar-refractivity contribution in [3.8, 4) is 0 Å². The van der Waals surface area contributed by atoms with Gasteiger partial charge in [0.2, 0.25) is 0 Å². The maximum absolute atomic E-state index is 12.2. The Morgan fingerprint density at radius 3 is 2.97 bits per heavy atom. The van der Waals surface area contributed by atoms with Crippen LogP contribution in [0.2, 0.25) is 0 Å². The summed E-state index contributed by atoms with van der Waals surface area (Å²) in [4.78, 5) is 17.0. The van der Waals surface area contributed by atoms with Crippen molar-refractivity contribution >= 4 is 28.2 Å². The third-order valence-electron chi connectivity index (χ3n) is 6.44. The summed E-state index contributed by atoms with van der Waals surface area (Å²) in [7, 11) is 0. The van der Waals surface area contributed by atoms with Gasteiger partial charge in [-0.2, -0.15) is 0 Å². The molecule has 3 aromatic rings. The predicted molar refractivity (Wildman–Crippen MR) is 118 cm³/mol. The average Bonchev–Trinajstić information content (AvgIpc) is 3.29. The van der Waals surface area contributed by atoms with Crippen molar-refractivity contribution in [2.24, 2.45) is 0 Å². The molecule has 5 rings (SSSR count). The number of hydrogen-bond donors (Lipinski definition) is 1. The number of rotatable bonds is 4. The lowest BCUT2D eigenvalue weighted by atomic mass is 9.89. The van der Waals surface area contributed by atoms with E-state index in [-0.39, 0.29) is 5.91 Å². The first-order valence-corrected chi connectivity index (χ1v) is 11.6. The number of furan rings is 1. The van der Waals surface area contributed by atoms with Crippen molar-refractivity contribution in [3.05, 3.63) is 57.0 Å². The van der Waals surface area contributed by atoms with E-state index in [0.717, 1.165) is 55.9 Å². The Balaban J connectivity index is 1.19. The van der Waals surface area contributed by atoms with E-state index in [1.165, 1.54) is 39.8 Å². The molecule has 4 nitrogen and oxygen atoms in total. The number of benzene rings is 1. The highest BCUT2D eigenvalue weighted by atomic mass is 32.1. The molecule has 0 saturated carbocycles. The Bertz CT molecular complexity index is 1030. The van der Waals surface area contributed by atoms with E-state index >= 15 is 0 Å². The summed E-state index contributed by atoms with van der Waals surface area (Å²) in [5.41, 5.74) is 4.94. The number of fused-ring (bicyclic) bond motifs is 2. The van der Waals surface area contributed by atoms with Gasteiger partial charge in [0.05, 0.1) is 11.1 Å². The van der Waals surface area contributed by atoms with Crippen LogP contribution in [0.15, 0.2) is 34.9 Å². The molecule has 5 heteroatoms. The van der Waals surface area contributed by atoms with Gasteiger partial charge in [0.15, 0.2) is 0 Å². The molecule has 152 valence electrons. The van der Waals surface area contributed by atoms with Crippen LogP contribution in [-0.2, 0) is 12.8 Å². The van der Waals surface area contributed by atoms with Gasteiger partial charge in [-0.3, -0.25) is 4.79 Å². The maximum atomic E-state index is 12.2. The molecule has 2 aromatic heterocycles. The van der Waals surface area contributed by atoms with Gasteiger partial charge < -0.3 is 14.6 Å². The molecular weight excluding hydrogens is 380 g/mol. The van der Waals surface area contributed by atoms with Crippen molar-refractivity contribution in [2.45, 2.75) is 44.9 Å². The number of nitrogens with zero attached hydrogens (tertiary/aromatic N) is 1. The van der Waals surface area contributed by atoms with E-state index in [0.29, 0.717) is 5.92 Å². The second-order valence-electron chi connectivity index (χ2n) is 8.48. The zero-order valence-electron chi connectivity index (χ0n) is 17.0. The minimum Gasteiger partial charge on any atom is -0.464 e. The molecule has 1 saturated heterocycles. The zero-order valence-corrected chi connectivity index (χ0v) is 17.8. The fraction of sp³-hybridized carbons (Fsp3) is 0.458. The van der Waals surface area contributed by atoms with Gasteiger partial charge in [-0.05, 0) is 81.8 Å². The highest BCUT2D eigenvalue weighted by molar-refractivity contribution is 7.14. The number of likely N-dealkylation sites (tertiary alicyclic amines) is 1. The first-order chi connectivity index (χ1) is 14.2. The lowest BCUT2D eigenvalue weighted by molar-refractivity contribution is 0.0960. The molecule has 0 bridgehead atoms. The summed E-state index contributed by atoms with van der Waals surface area (Å²) in [6.07, 6.45) is 7.47. The molecule has 4 heterocycles. The van der Waals surface area contributed by atoms with Crippen LogP contribution < -0.4 is 5.32 Å². The first kappa shape index (κ1) is 18.9. The number of aryl methyl sites for hydroxylation is 2. The average molecular weight is 409 g/mol. The van der Waals surface area contributed by atoms with E-state index in [9.17, 15) is 4.79 Å². The Morgan fingerprint density at radius 1 is 1.24 bits per heavy atom. The molecule has 29 heavy (non-hydrogen) atoms. The third kappa shape index (κ3) is 3.86. The number of carbonyl (C=O) groups excluding carboxylic acids is 1. The zero-order chi connectivity index (χ0) is 19.8. The van der Waals surface area contributed by atoms with E-state index in [2.05, 4.69) is 41.4 Å². The lowest BCUT2D eigenvalue weighted by Gasteiger charge is -2.31. The standard InChI is InChI=1S/C24H28N2O2S/c1-16-4-5-22-20(13-16)21(15-28-22)17-6-10-26(11-7-17)12-8-19-14-18-3-2-9-25-24(27)23(18)29-19/h4-5,13-15,17H,2-3,6-12H2,1H3,(H,25,27). The summed E-state index contributed by atoms with van der Waals surface area (Å²) in [5.74, 6) is 0.716. The molecule has 0 spiro atoms. The molecule has 1 amide bonds. The highest BCUT2D eigenvalue weighted by Crippen LogP contribution is 2.35. The summed E-state index contributed by atoms with van der Waals surface area (Å²) in [6.45, 7) is 6.30. The maximum Gasteiger partial charge on any atom is 0.261 e. The highest BCUT2D eigenvalue weighted by Gasteiger charge is 2.24. The minimum absolute atomic E-state index is 0.122. The number of carbonyl (C=O) groups is 1. The molecule has 0 radical (unpaired) electrons. The second-order valence-corrected chi connectivity index (χ2v) is 9.62. The molecule has 1 aromatic carbocycles. The fourth-order valence-electron chi connectivity index (χ4n) is 4.76. The Labute approximate surface area is 175 Å². The van der Waals surface area contributed by atoms with E-state index < -0.39 is 0 Å². The van der Waals surface area contributed by atoms with E-state index in [1.54, 1.807) is 11.3 Å². The number of thiophene rings is 1. The smallest absolute Gasteiger partial charge is 0.261 e. The van der Waals surface area contributed by atoms with Crippen molar-refractivity contribution < 1.29 is 9.21 Å². The van der Waals surface area contributed by atoms with Crippen LogP contribution in [-0.4, -0.2) is 37.0 Å². The van der Waals surface area contributed by atoms with Crippen molar-refractivity contribution in [1.29, 1.82) is 0 Å². The van der Waals surface area contributed by atoms with Crippen molar-refractivity contribution in [1.82, 2.24) is 10.2 Å². The predicted octanol–water partition coefficient (Wildman–Crippen LogP) is 4.90. The largest absolute Gasteiger partial charge is 0.464 e. The Hall–Kier alpha value is -2.11. The molecule has 1 fully saturated rings. The summed E-state index contributed by atoms with van der Waals surface area (Å²) >= 11 is 1.70. The summed E-state index contributed by atoms with van der Waals surface area (Å²) < 4.78 is 5.80. The van der Waals surface area contributed by atoms with Gasteiger partial charge in [0.25, 0.3) is 5.91 Å². The molecule has 2 aliphatic rings. The van der Waals surface area contributed by atoms with Gasteiger partial charge in [0, 0.05) is 28.9 Å². The van der Waals surface area contributed by atoms with E-state index in [4.69, 9.17) is 4.42 Å². The van der Waals surface area contributed by atoms with Crippen LogP contribution in [0, 0.1) is 6.92 Å². The number of hydrogen-bond acceptors (Lipinski definition) is 4. The minimum atomic E-state index is 0.122. The lowest BCUT2D eigenvalue weighted by Crippen LogP contribution is -2.34. The topological polar surface area (TPSA) is 45.5 Å². The van der Waals surface area contributed by atoms with E-state index in [1.807, 2.05) is 6.26 Å². The molecular formula is C24H28N2O2S. The SMILES string of the molecule is Cc1ccc2occ(C3CCN(CCc4cc5c(s4)C(=O)NCCC5)CC3)c2c1. The Kier molecular flexibility index (Phi) is 5.18. The summed E-state index contributed by atoms with van der Waals surface area (Å²) in [5, 5.41) is 4.30. The molecule has 2 aliphatic heterocycles. The fourth-order valence-corrected chi connectivity index (χ4v) is 5.88. The number of nitrogens with one attached hydrogen (secondary N) is 1. The number of piperidine rings is 1. The van der Waals surface area contributed by atoms with Crippen LogP contribution in [0.1, 0.15) is 56.4 Å². The van der Waals surface area contributed by atoms with Crippen LogP contribution in [0.5, 0.6) is 0 Å². The molecule has 0 aliphatic carbocycles. The monoisotopic (exact) mass is 408 g/mol.